The summed E-state index contributed by atoms with van der Waals surface area (Å²) in [5, 5.41) is 17.8. The third-order valence-electron chi connectivity index (χ3n) is 5.70. The van der Waals surface area contributed by atoms with Crippen LogP contribution in [-0.2, 0) is 11.0 Å². The Kier molecular flexibility index (Phi) is 7.14. The molecule has 4 aromatic rings. The molecule has 0 unspecified atom stereocenters. The van der Waals surface area contributed by atoms with Gasteiger partial charge < -0.3 is 25.5 Å². The van der Waals surface area contributed by atoms with Crippen LogP contribution >= 0.6 is 11.6 Å². The first-order chi connectivity index (χ1) is 17.7. The first-order valence-electron chi connectivity index (χ1n) is 11.4. The number of nitrogens with zero attached hydrogens (tertiary/aromatic N) is 2. The Labute approximate surface area is 221 Å². The lowest BCUT2D eigenvalue weighted by molar-refractivity contribution is -0.137. The van der Waals surface area contributed by atoms with Gasteiger partial charge in [-0.25, -0.2) is 4.79 Å². The Hall–Kier alpha value is -4.02. The standard InChI is InChI=1S/C27H23ClF3N4O3/c1-26(2,3)24(36)32-18-6-11-23-16(14-18)12-13-34(23)19-7-4-17(5-8-19)33-25(37)35(38)20-9-10-22(28)21(15-20)27(29,30)31/h4-15H,1-3H3,(H,32,36)(H,33,37)/q-1. The molecule has 1 heterocycles. The largest absolute Gasteiger partial charge is 0.750 e. The van der Waals surface area contributed by atoms with Gasteiger partial charge in [-0.1, -0.05) is 32.4 Å². The van der Waals surface area contributed by atoms with Gasteiger partial charge in [-0.2, -0.15) is 13.2 Å². The highest BCUT2D eigenvalue weighted by Gasteiger charge is 2.33. The minimum absolute atomic E-state index is 0.0950. The Bertz CT molecular complexity index is 1510. The van der Waals surface area contributed by atoms with Gasteiger partial charge in [0.05, 0.1) is 16.1 Å². The van der Waals surface area contributed by atoms with Crippen molar-refractivity contribution in [2.45, 2.75) is 26.9 Å². The molecule has 0 radical (unpaired) electrons. The van der Waals surface area contributed by atoms with Crippen molar-refractivity contribution in [1.82, 2.24) is 4.57 Å². The van der Waals surface area contributed by atoms with Crippen molar-refractivity contribution in [2.24, 2.45) is 5.41 Å². The van der Waals surface area contributed by atoms with Crippen LogP contribution in [0.3, 0.4) is 0 Å². The van der Waals surface area contributed by atoms with Crippen molar-refractivity contribution in [3.63, 3.8) is 0 Å². The highest BCUT2D eigenvalue weighted by Crippen LogP contribution is 2.37. The van der Waals surface area contributed by atoms with Crippen molar-refractivity contribution < 1.29 is 22.8 Å². The van der Waals surface area contributed by atoms with E-state index in [0.717, 1.165) is 28.7 Å². The van der Waals surface area contributed by atoms with E-state index in [0.29, 0.717) is 11.8 Å². The van der Waals surface area contributed by atoms with Crippen molar-refractivity contribution in [1.29, 1.82) is 0 Å². The van der Waals surface area contributed by atoms with Crippen LogP contribution in [0.15, 0.2) is 72.9 Å². The van der Waals surface area contributed by atoms with E-state index < -0.39 is 33.9 Å². The first-order valence-corrected chi connectivity index (χ1v) is 11.8. The second kappa shape index (κ2) is 10.0. The van der Waals surface area contributed by atoms with Crippen LogP contribution in [-0.4, -0.2) is 16.5 Å². The fraction of sp³-hybridized carbons (Fsp3) is 0.185. The number of hydrogen-bond donors (Lipinski definition) is 2. The van der Waals surface area contributed by atoms with Crippen LogP contribution in [0, 0.1) is 10.6 Å². The summed E-state index contributed by atoms with van der Waals surface area (Å²) < 4.78 is 41.1. The summed E-state index contributed by atoms with van der Waals surface area (Å²) in [6.45, 7) is 5.50. The summed E-state index contributed by atoms with van der Waals surface area (Å²) in [6, 6.07) is 15.3. The maximum atomic E-state index is 13.1. The van der Waals surface area contributed by atoms with Crippen molar-refractivity contribution in [3.05, 3.63) is 88.7 Å². The fourth-order valence-electron chi connectivity index (χ4n) is 3.62. The molecule has 198 valence electrons. The predicted octanol–water partition coefficient (Wildman–Crippen LogP) is 7.82. The van der Waals surface area contributed by atoms with E-state index in [1.165, 1.54) is 0 Å². The molecule has 0 aliphatic heterocycles. The fourth-order valence-corrected chi connectivity index (χ4v) is 3.84. The highest BCUT2D eigenvalue weighted by atomic mass is 35.5. The smallest absolute Gasteiger partial charge is 0.417 e. The minimum Gasteiger partial charge on any atom is -0.750 e. The van der Waals surface area contributed by atoms with E-state index in [2.05, 4.69) is 10.6 Å². The number of carbonyl (C=O) groups is 2. The summed E-state index contributed by atoms with van der Waals surface area (Å²) in [5.41, 5.74) is 0.347. The normalized spacial score (nSPS) is 11.9. The van der Waals surface area contributed by atoms with Gasteiger partial charge in [-0.15, -0.1) is 0 Å². The lowest BCUT2D eigenvalue weighted by Crippen LogP contribution is -2.29. The molecule has 0 aliphatic carbocycles. The Morgan fingerprint density at radius 2 is 1.55 bits per heavy atom. The molecule has 4 rings (SSSR count). The van der Waals surface area contributed by atoms with Gasteiger partial charge in [-0.3, -0.25) is 4.79 Å². The van der Waals surface area contributed by atoms with Crippen molar-refractivity contribution >= 4 is 51.5 Å². The number of fused-ring (bicyclic) bond motifs is 1. The SMILES string of the molecule is CC(C)(C)C(=O)Nc1ccc2c(ccn2-c2ccc(NC(=O)N([O-])c3ccc(Cl)c(C(F)(F)F)c3)cc2)c1. The summed E-state index contributed by atoms with van der Waals surface area (Å²) >= 11 is 5.57. The summed E-state index contributed by atoms with van der Waals surface area (Å²) in [5.74, 6) is -0.0950. The van der Waals surface area contributed by atoms with Gasteiger partial charge in [0.1, 0.15) is 0 Å². The lowest BCUT2D eigenvalue weighted by atomic mass is 9.95. The number of urea groups is 1. The zero-order valence-corrected chi connectivity index (χ0v) is 21.3. The molecule has 0 aliphatic rings. The average Bonchev–Trinajstić information content (AvgIpc) is 3.26. The Morgan fingerprint density at radius 3 is 2.18 bits per heavy atom. The van der Waals surface area contributed by atoms with Gasteiger partial charge in [0.25, 0.3) is 0 Å². The van der Waals surface area contributed by atoms with E-state index in [-0.39, 0.29) is 16.7 Å². The average molecular weight is 544 g/mol. The third kappa shape index (κ3) is 5.76. The highest BCUT2D eigenvalue weighted by molar-refractivity contribution is 6.31. The number of hydroxylamine groups is 1. The van der Waals surface area contributed by atoms with Crippen LogP contribution in [0.25, 0.3) is 16.6 Å². The summed E-state index contributed by atoms with van der Waals surface area (Å²) in [7, 11) is 0. The molecule has 11 heteroatoms. The number of benzene rings is 3. The van der Waals surface area contributed by atoms with Gasteiger partial charge >= 0.3 is 12.2 Å². The molecule has 1 aromatic heterocycles. The number of rotatable bonds is 4. The number of anilines is 3. The molecule has 0 spiro atoms. The van der Waals surface area contributed by atoms with E-state index in [4.69, 9.17) is 11.6 Å². The molecule has 0 bridgehead atoms. The van der Waals surface area contributed by atoms with Crippen LogP contribution in [0.4, 0.5) is 35.0 Å². The number of hydrogen-bond acceptors (Lipinski definition) is 3. The predicted molar refractivity (Wildman–Crippen MR) is 143 cm³/mol. The van der Waals surface area contributed by atoms with Crippen LogP contribution in [0.1, 0.15) is 26.3 Å². The van der Waals surface area contributed by atoms with Crippen LogP contribution in [0.5, 0.6) is 0 Å². The second-order valence-corrected chi connectivity index (χ2v) is 10.0. The number of carbonyl (C=O) groups excluding carboxylic acids is 2. The van der Waals surface area contributed by atoms with Crippen LogP contribution in [0.2, 0.25) is 5.02 Å². The minimum atomic E-state index is -4.77. The molecule has 38 heavy (non-hydrogen) atoms. The summed E-state index contributed by atoms with van der Waals surface area (Å²) in [6.07, 6.45) is -2.92. The van der Waals surface area contributed by atoms with E-state index in [1.807, 2.05) is 49.7 Å². The van der Waals surface area contributed by atoms with Crippen molar-refractivity contribution in [3.8, 4) is 5.69 Å². The lowest BCUT2D eigenvalue weighted by Gasteiger charge is -2.29. The van der Waals surface area contributed by atoms with Gasteiger partial charge in [0, 0.05) is 39.7 Å². The van der Waals surface area contributed by atoms with Gasteiger partial charge in [-0.05, 0) is 66.7 Å². The molecule has 2 N–H and O–H groups in total. The van der Waals surface area contributed by atoms with E-state index >= 15 is 0 Å². The molecule has 0 saturated heterocycles. The molecule has 0 atom stereocenters. The molecule has 3 amide bonds. The maximum absolute atomic E-state index is 13.1. The first kappa shape index (κ1) is 27.0. The van der Waals surface area contributed by atoms with Gasteiger partial charge in [0.15, 0.2) is 0 Å². The molecule has 0 saturated carbocycles. The topological polar surface area (TPSA) is 89.4 Å². The second-order valence-electron chi connectivity index (χ2n) is 9.60. The zero-order valence-electron chi connectivity index (χ0n) is 20.6. The third-order valence-corrected chi connectivity index (χ3v) is 6.03. The molecular formula is C27H23ClF3N4O3-. The number of amides is 3. The Balaban J connectivity index is 1.48. The molecule has 3 aromatic carbocycles. The molecular weight excluding hydrogens is 521 g/mol. The zero-order chi connectivity index (χ0) is 27.8. The number of aromatic nitrogens is 1. The van der Waals surface area contributed by atoms with Gasteiger partial charge in [0.2, 0.25) is 5.91 Å². The molecule has 7 nitrogen and oxygen atoms in total. The van der Waals surface area contributed by atoms with Crippen molar-refractivity contribution in [2.75, 3.05) is 15.7 Å². The summed E-state index contributed by atoms with van der Waals surface area (Å²) in [4.78, 5) is 24.6. The number of halogens is 4. The maximum Gasteiger partial charge on any atom is 0.417 e. The molecule has 0 fully saturated rings. The van der Waals surface area contributed by atoms with E-state index in [9.17, 15) is 28.0 Å². The van der Waals surface area contributed by atoms with Crippen LogP contribution < -0.4 is 15.7 Å². The number of alkyl halides is 3. The Morgan fingerprint density at radius 1 is 0.895 bits per heavy atom. The van der Waals surface area contributed by atoms with E-state index in [1.54, 1.807) is 30.3 Å². The quantitative estimate of drug-likeness (QED) is 0.257. The monoisotopic (exact) mass is 543 g/mol. The number of nitrogens with one attached hydrogen (secondary N) is 2.